The first kappa shape index (κ1) is 28.5. The van der Waals surface area contributed by atoms with Crippen molar-refractivity contribution in [3.63, 3.8) is 0 Å². The number of likely N-dealkylation sites (tertiary alicyclic amines) is 1. The first-order valence-corrected chi connectivity index (χ1v) is 11.5. The maximum atomic E-state index is 13.3. The molecule has 0 radical (unpaired) electrons. The molecule has 3 amide bonds. The molecule has 208 valence electrons. The Balaban J connectivity index is 1.73. The lowest BCUT2D eigenvalue weighted by molar-refractivity contribution is -0.189. The molecule has 2 unspecified atom stereocenters. The monoisotopic (exact) mass is 542 g/mol. The molecule has 37 heavy (non-hydrogen) atoms. The highest BCUT2D eigenvalue weighted by Crippen LogP contribution is 2.34. The van der Waals surface area contributed by atoms with Crippen molar-refractivity contribution in [1.82, 2.24) is 29.9 Å². The molecule has 1 aromatic rings. The zero-order valence-corrected chi connectivity index (χ0v) is 20.4. The Bertz CT molecular complexity index is 1020. The molecule has 0 aromatic carbocycles. The number of carbonyl (C=O) groups excluding carboxylic acids is 3. The van der Waals surface area contributed by atoms with E-state index in [-0.39, 0.29) is 44.8 Å². The second-order valence-corrected chi connectivity index (χ2v) is 10.0. The number of alkyl halides is 6. The third-order valence-electron chi connectivity index (χ3n) is 5.91. The van der Waals surface area contributed by atoms with E-state index >= 15 is 0 Å². The number of aromatic nitrogens is 3. The number of hydrogen-bond donors (Lipinski definition) is 1. The smallest absolute Gasteiger partial charge is 0.444 e. The average molecular weight is 542 g/mol. The number of amides is 3. The van der Waals surface area contributed by atoms with Crippen molar-refractivity contribution < 1.29 is 45.5 Å². The molecular formula is C21H28F6N6O4. The van der Waals surface area contributed by atoms with Gasteiger partial charge in [0.05, 0.1) is 18.5 Å². The van der Waals surface area contributed by atoms with Crippen molar-refractivity contribution in [2.24, 2.45) is 5.92 Å². The highest BCUT2D eigenvalue weighted by molar-refractivity contribution is 5.79. The SMILES string of the molecule is CC(C)(C)OC(=O)NC(CC(=O)N1CCn2c(nnc2C(F)(F)F)C1)CN1CC(C(F)(F)F)CCC1=O. The van der Waals surface area contributed by atoms with Crippen LogP contribution in [0.15, 0.2) is 0 Å². The summed E-state index contributed by atoms with van der Waals surface area (Å²) >= 11 is 0. The van der Waals surface area contributed by atoms with E-state index in [0.717, 1.165) is 9.47 Å². The number of hydrogen-bond acceptors (Lipinski definition) is 6. The molecule has 1 saturated heterocycles. The van der Waals surface area contributed by atoms with Crippen LogP contribution < -0.4 is 5.32 Å². The van der Waals surface area contributed by atoms with Crippen molar-refractivity contribution in [3.05, 3.63) is 11.6 Å². The van der Waals surface area contributed by atoms with Gasteiger partial charge in [0.2, 0.25) is 17.6 Å². The van der Waals surface area contributed by atoms with Gasteiger partial charge in [-0.25, -0.2) is 4.79 Å². The van der Waals surface area contributed by atoms with Crippen molar-refractivity contribution in [2.45, 2.75) is 77.1 Å². The lowest BCUT2D eigenvalue weighted by atomic mass is 9.96. The first-order valence-electron chi connectivity index (χ1n) is 11.5. The van der Waals surface area contributed by atoms with E-state index in [1.165, 1.54) is 4.90 Å². The Hall–Kier alpha value is -3.07. The summed E-state index contributed by atoms with van der Waals surface area (Å²) in [5.74, 6) is -4.14. The number of carbonyl (C=O) groups is 3. The van der Waals surface area contributed by atoms with Gasteiger partial charge < -0.3 is 24.4 Å². The fraction of sp³-hybridized carbons (Fsp3) is 0.762. The number of alkyl carbamates (subject to hydrolysis) is 1. The molecule has 0 saturated carbocycles. The van der Waals surface area contributed by atoms with Crippen LogP contribution in [0, 0.1) is 5.92 Å². The maximum Gasteiger partial charge on any atom is 0.451 e. The van der Waals surface area contributed by atoms with E-state index in [2.05, 4.69) is 15.5 Å². The van der Waals surface area contributed by atoms with Crippen LogP contribution in [0.25, 0.3) is 0 Å². The Morgan fingerprint density at radius 1 is 1.11 bits per heavy atom. The summed E-state index contributed by atoms with van der Waals surface area (Å²) in [7, 11) is 0. The fourth-order valence-electron chi connectivity index (χ4n) is 4.18. The Kier molecular flexibility index (Phi) is 7.98. The van der Waals surface area contributed by atoms with Crippen LogP contribution in [0.4, 0.5) is 31.1 Å². The number of halogens is 6. The van der Waals surface area contributed by atoms with E-state index in [0.29, 0.717) is 0 Å². The van der Waals surface area contributed by atoms with Gasteiger partial charge in [-0.15, -0.1) is 10.2 Å². The summed E-state index contributed by atoms with van der Waals surface area (Å²) in [6.45, 7) is 3.18. The Morgan fingerprint density at radius 3 is 2.38 bits per heavy atom. The van der Waals surface area contributed by atoms with Crippen molar-refractivity contribution >= 4 is 17.9 Å². The molecule has 3 heterocycles. The van der Waals surface area contributed by atoms with Gasteiger partial charge in [-0.3, -0.25) is 9.59 Å². The van der Waals surface area contributed by atoms with Crippen molar-refractivity contribution in [1.29, 1.82) is 0 Å². The number of piperidine rings is 1. The molecule has 0 spiro atoms. The third kappa shape index (κ3) is 7.47. The second kappa shape index (κ2) is 10.4. The molecule has 10 nitrogen and oxygen atoms in total. The summed E-state index contributed by atoms with van der Waals surface area (Å²) in [6, 6.07) is -1.11. The summed E-state index contributed by atoms with van der Waals surface area (Å²) in [4.78, 5) is 39.9. The van der Waals surface area contributed by atoms with E-state index in [1.54, 1.807) is 20.8 Å². The molecular weight excluding hydrogens is 514 g/mol. The van der Waals surface area contributed by atoms with Gasteiger partial charge >= 0.3 is 18.4 Å². The lowest BCUT2D eigenvalue weighted by Crippen LogP contribution is -2.53. The number of nitrogens with one attached hydrogen (secondary N) is 1. The fourth-order valence-corrected chi connectivity index (χ4v) is 4.18. The minimum Gasteiger partial charge on any atom is -0.444 e. The molecule has 2 aliphatic heterocycles. The number of rotatable bonds is 5. The van der Waals surface area contributed by atoms with Gasteiger partial charge in [-0.05, 0) is 27.2 Å². The van der Waals surface area contributed by atoms with E-state index < -0.39 is 66.6 Å². The molecule has 2 atom stereocenters. The van der Waals surface area contributed by atoms with Crippen LogP contribution in [0.1, 0.15) is 51.7 Å². The third-order valence-corrected chi connectivity index (χ3v) is 5.91. The van der Waals surface area contributed by atoms with Gasteiger partial charge in [0.1, 0.15) is 5.60 Å². The molecule has 16 heteroatoms. The zero-order chi connectivity index (χ0) is 27.8. The lowest BCUT2D eigenvalue weighted by Gasteiger charge is -2.36. The summed E-state index contributed by atoms with van der Waals surface area (Å²) < 4.78 is 85.0. The van der Waals surface area contributed by atoms with Crippen LogP contribution in [0.5, 0.6) is 0 Å². The first-order chi connectivity index (χ1) is 16.9. The molecule has 1 aromatic heterocycles. The predicted octanol–water partition coefficient (Wildman–Crippen LogP) is 2.72. The molecule has 1 N–H and O–H groups in total. The Morgan fingerprint density at radius 2 is 1.78 bits per heavy atom. The molecule has 2 aliphatic rings. The van der Waals surface area contributed by atoms with Gasteiger partial charge in [0, 0.05) is 39.0 Å². The average Bonchev–Trinajstić information content (AvgIpc) is 3.16. The summed E-state index contributed by atoms with van der Waals surface area (Å²) in [5, 5.41) is 9.10. The predicted molar refractivity (Wildman–Crippen MR) is 114 cm³/mol. The minimum atomic E-state index is -4.71. The highest BCUT2D eigenvalue weighted by Gasteiger charge is 2.44. The summed E-state index contributed by atoms with van der Waals surface area (Å²) in [6.07, 6.45) is -11.3. The van der Waals surface area contributed by atoms with Gasteiger partial charge in [-0.1, -0.05) is 0 Å². The topological polar surface area (TPSA) is 110 Å². The quantitative estimate of drug-likeness (QED) is 0.574. The minimum absolute atomic E-state index is 0.0807. The van der Waals surface area contributed by atoms with Crippen molar-refractivity contribution in [2.75, 3.05) is 19.6 Å². The molecule has 0 bridgehead atoms. The molecule has 3 rings (SSSR count). The largest absolute Gasteiger partial charge is 0.451 e. The standard InChI is InChI=1S/C21H28F6N6O4/c1-19(2,3)37-18(36)28-13(10-32-9-12(20(22,23)24)4-5-15(32)34)8-16(35)31-6-7-33-14(11-31)29-30-17(33)21(25,26)27/h12-13H,4-11H2,1-3H3,(H,28,36). The molecule has 0 aliphatic carbocycles. The highest BCUT2D eigenvalue weighted by atomic mass is 19.4. The van der Waals surface area contributed by atoms with Gasteiger partial charge in [0.15, 0.2) is 5.82 Å². The molecule has 1 fully saturated rings. The zero-order valence-electron chi connectivity index (χ0n) is 20.4. The number of fused-ring (bicyclic) bond motifs is 1. The number of ether oxygens (including phenoxy) is 1. The number of nitrogens with zero attached hydrogens (tertiary/aromatic N) is 5. The second-order valence-electron chi connectivity index (χ2n) is 10.0. The van der Waals surface area contributed by atoms with E-state index in [4.69, 9.17) is 4.74 Å². The van der Waals surface area contributed by atoms with Crippen LogP contribution in [-0.2, 0) is 33.6 Å². The van der Waals surface area contributed by atoms with Crippen LogP contribution >= 0.6 is 0 Å². The van der Waals surface area contributed by atoms with Crippen LogP contribution in [0.3, 0.4) is 0 Å². The van der Waals surface area contributed by atoms with Gasteiger partial charge in [0.25, 0.3) is 0 Å². The normalized spacial score (nSPS) is 19.9. The Labute approximate surface area is 208 Å². The van der Waals surface area contributed by atoms with Crippen LogP contribution in [-0.4, -0.2) is 79.9 Å². The van der Waals surface area contributed by atoms with Crippen LogP contribution in [0.2, 0.25) is 0 Å². The summed E-state index contributed by atoms with van der Waals surface area (Å²) in [5.41, 5.74) is -0.909. The van der Waals surface area contributed by atoms with E-state index in [9.17, 15) is 40.7 Å². The van der Waals surface area contributed by atoms with E-state index in [1.807, 2.05) is 0 Å². The maximum absolute atomic E-state index is 13.3. The van der Waals surface area contributed by atoms with Gasteiger partial charge in [-0.2, -0.15) is 26.3 Å². The van der Waals surface area contributed by atoms with Crippen molar-refractivity contribution in [3.8, 4) is 0 Å².